The number of nitrogens with one attached hydrogen (secondary N) is 2. The lowest BCUT2D eigenvalue weighted by atomic mass is 9.82. The van der Waals surface area contributed by atoms with Crippen molar-refractivity contribution in [3.05, 3.63) is 0 Å². The molecule has 1 aliphatic rings. The number of cyclic esters (lactones) is 1. The van der Waals surface area contributed by atoms with Gasteiger partial charge in [0.25, 0.3) is 5.91 Å². The van der Waals surface area contributed by atoms with Crippen LogP contribution in [0.2, 0.25) is 0 Å². The highest BCUT2D eigenvalue weighted by Crippen LogP contribution is 2.41. The van der Waals surface area contributed by atoms with Gasteiger partial charge in [0.1, 0.15) is 18.0 Å². The van der Waals surface area contributed by atoms with Crippen LogP contribution in [0.25, 0.3) is 0 Å². The molecule has 0 aromatic heterocycles. The van der Waals surface area contributed by atoms with Gasteiger partial charge in [-0.3, -0.25) is 14.4 Å². The van der Waals surface area contributed by atoms with E-state index in [9.17, 15) is 45.5 Å². The maximum absolute atomic E-state index is 12.9. The Kier molecular flexibility index (Phi) is 8.54. The predicted octanol–water partition coefficient (Wildman–Crippen LogP) is 2.03. The van der Waals surface area contributed by atoms with Crippen molar-refractivity contribution in [2.75, 3.05) is 0 Å². The number of rotatable bonds is 9. The molecule has 5 atom stereocenters. The lowest BCUT2D eigenvalue weighted by Crippen LogP contribution is -2.63. The zero-order chi connectivity index (χ0) is 25.2. The number of hydrogen-bond donors (Lipinski definition) is 3. The molecule has 0 unspecified atom stereocenters. The second kappa shape index (κ2) is 9.94. The highest BCUT2D eigenvalue weighted by Gasteiger charge is 2.63. The zero-order valence-corrected chi connectivity index (χ0v) is 17.5. The van der Waals surface area contributed by atoms with Gasteiger partial charge in [-0.05, 0) is 11.8 Å². The molecule has 0 aromatic carbocycles. The highest BCUT2D eigenvalue weighted by molar-refractivity contribution is 5.97. The normalized spacial score (nSPS) is 21.9. The number of aliphatic carboxylic acids is 1. The summed E-state index contributed by atoms with van der Waals surface area (Å²) in [5.74, 6) is -12.1. The number of amides is 2. The third-order valence-electron chi connectivity index (χ3n) is 5.21. The quantitative estimate of drug-likeness (QED) is 0.345. The maximum atomic E-state index is 12.9. The van der Waals surface area contributed by atoms with Gasteiger partial charge in [-0.15, -0.1) is 0 Å². The van der Waals surface area contributed by atoms with Crippen molar-refractivity contribution >= 4 is 23.8 Å². The molecule has 0 spiro atoms. The highest BCUT2D eigenvalue weighted by atomic mass is 19.4. The van der Waals surface area contributed by atoms with E-state index in [4.69, 9.17) is 9.84 Å². The van der Waals surface area contributed by atoms with Crippen LogP contribution in [0.15, 0.2) is 0 Å². The van der Waals surface area contributed by atoms with Crippen molar-refractivity contribution in [1.29, 1.82) is 0 Å². The Bertz CT molecular complexity index is 724. The fraction of sp³-hybridized carbons (Fsp3) is 0.778. The average molecular weight is 478 g/mol. The molecule has 8 nitrogen and oxygen atoms in total. The van der Waals surface area contributed by atoms with Gasteiger partial charge in [-0.2, -0.15) is 26.3 Å². The number of ether oxygens (including phenoxy) is 1. The molecule has 1 rings (SSSR count). The molecule has 14 heteroatoms. The van der Waals surface area contributed by atoms with E-state index in [1.54, 1.807) is 13.8 Å². The number of hydrogen-bond acceptors (Lipinski definition) is 5. The Hall–Kier alpha value is -2.54. The second-order valence-corrected chi connectivity index (χ2v) is 7.88. The molecule has 2 amide bonds. The largest absolute Gasteiger partial charge is 0.480 e. The van der Waals surface area contributed by atoms with E-state index in [0.717, 1.165) is 0 Å². The van der Waals surface area contributed by atoms with E-state index in [0.29, 0.717) is 6.42 Å². The van der Waals surface area contributed by atoms with Crippen LogP contribution in [0.4, 0.5) is 26.3 Å². The third kappa shape index (κ3) is 6.25. The number of carbonyl (C=O) groups excluding carboxylic acids is 3. The zero-order valence-electron chi connectivity index (χ0n) is 17.5. The summed E-state index contributed by atoms with van der Waals surface area (Å²) in [6.07, 6.45) is -12.8. The first-order chi connectivity index (χ1) is 14.4. The molecule has 3 N–H and O–H groups in total. The molecule has 0 bridgehead atoms. The molecule has 32 heavy (non-hydrogen) atoms. The molecular formula is C18H24F6N2O6. The first kappa shape index (κ1) is 27.5. The first-order valence-corrected chi connectivity index (χ1v) is 9.60. The van der Waals surface area contributed by atoms with E-state index in [2.05, 4.69) is 5.32 Å². The average Bonchev–Trinajstić information content (AvgIpc) is 2.60. The van der Waals surface area contributed by atoms with Crippen molar-refractivity contribution in [3.63, 3.8) is 0 Å². The van der Waals surface area contributed by atoms with Crippen LogP contribution in [0.3, 0.4) is 0 Å². The maximum Gasteiger partial charge on any atom is 0.403 e. The minimum atomic E-state index is -6.02. The van der Waals surface area contributed by atoms with Crippen LogP contribution >= 0.6 is 0 Å². The van der Waals surface area contributed by atoms with Gasteiger partial charge < -0.3 is 20.5 Å². The molecule has 0 aliphatic carbocycles. The van der Waals surface area contributed by atoms with E-state index < -0.39 is 72.0 Å². The van der Waals surface area contributed by atoms with Crippen LogP contribution in [-0.2, 0) is 23.9 Å². The smallest absolute Gasteiger partial charge is 0.403 e. The van der Waals surface area contributed by atoms with Gasteiger partial charge in [0, 0.05) is 0 Å². The Morgan fingerprint density at radius 2 is 1.50 bits per heavy atom. The summed E-state index contributed by atoms with van der Waals surface area (Å²) in [7, 11) is 0. The monoisotopic (exact) mass is 478 g/mol. The first-order valence-electron chi connectivity index (χ1n) is 9.60. The Balaban J connectivity index is 3.08. The Morgan fingerprint density at radius 1 is 1.00 bits per heavy atom. The molecule has 1 heterocycles. The molecule has 0 saturated carbocycles. The van der Waals surface area contributed by atoms with Gasteiger partial charge in [-0.25, -0.2) is 4.79 Å². The number of esters is 1. The Labute approximate surface area is 179 Å². The number of halogens is 6. The van der Waals surface area contributed by atoms with Crippen LogP contribution in [0.1, 0.15) is 34.1 Å². The lowest BCUT2D eigenvalue weighted by Gasteiger charge is -2.38. The summed E-state index contributed by atoms with van der Waals surface area (Å²) >= 11 is 0. The molecule has 184 valence electrons. The van der Waals surface area contributed by atoms with Crippen molar-refractivity contribution in [2.45, 2.75) is 64.7 Å². The van der Waals surface area contributed by atoms with Gasteiger partial charge in [-0.1, -0.05) is 34.1 Å². The molecular weight excluding hydrogens is 454 g/mol. The summed E-state index contributed by atoms with van der Waals surface area (Å²) in [6.45, 7) is 6.07. The van der Waals surface area contributed by atoms with Crippen LogP contribution in [0, 0.1) is 23.7 Å². The fourth-order valence-corrected chi connectivity index (χ4v) is 3.19. The summed E-state index contributed by atoms with van der Waals surface area (Å²) in [6, 6.07) is -5.07. The predicted molar refractivity (Wildman–Crippen MR) is 94.8 cm³/mol. The van der Waals surface area contributed by atoms with Crippen molar-refractivity contribution in [1.82, 2.24) is 10.6 Å². The molecule has 1 aliphatic heterocycles. The Morgan fingerprint density at radius 3 is 1.84 bits per heavy atom. The van der Waals surface area contributed by atoms with Crippen LogP contribution in [0.5, 0.6) is 0 Å². The van der Waals surface area contributed by atoms with E-state index in [-0.39, 0.29) is 5.92 Å². The molecule has 0 aromatic rings. The summed E-state index contributed by atoms with van der Waals surface area (Å²) in [5, 5.41) is 12.3. The second-order valence-electron chi connectivity index (χ2n) is 7.88. The number of carbonyl (C=O) groups is 4. The van der Waals surface area contributed by atoms with Crippen molar-refractivity contribution in [2.24, 2.45) is 23.7 Å². The van der Waals surface area contributed by atoms with Gasteiger partial charge in [0.2, 0.25) is 5.91 Å². The van der Waals surface area contributed by atoms with Crippen LogP contribution < -0.4 is 10.6 Å². The van der Waals surface area contributed by atoms with Crippen molar-refractivity contribution in [3.8, 4) is 0 Å². The summed E-state index contributed by atoms with van der Waals surface area (Å²) in [4.78, 5) is 47.7. The number of alkyl halides is 6. The molecule has 0 radical (unpaired) electrons. The topological polar surface area (TPSA) is 122 Å². The lowest BCUT2D eigenvalue weighted by molar-refractivity contribution is -0.290. The third-order valence-corrected chi connectivity index (χ3v) is 5.21. The van der Waals surface area contributed by atoms with E-state index >= 15 is 0 Å². The van der Waals surface area contributed by atoms with E-state index in [1.807, 2.05) is 0 Å². The standard InChI is InChI=1S/C18H24F6N2O6/c1-5-7(4)8-11(32-16(8)31)14(28)25-9(6(2)3)13(27)26-10(15(29)30)12(17(19,20)21)18(22,23)24/h6-12H,5H2,1-4H3,(H,25,28)(H,26,27)(H,29,30)/t7-,8-,9-,10-,11+/m0/s1. The van der Waals surface area contributed by atoms with E-state index in [1.165, 1.54) is 19.2 Å². The van der Waals surface area contributed by atoms with Crippen LogP contribution in [-0.4, -0.2) is 59.4 Å². The molecule has 1 fully saturated rings. The van der Waals surface area contributed by atoms with Gasteiger partial charge in [0.05, 0.1) is 0 Å². The van der Waals surface area contributed by atoms with Gasteiger partial charge in [0.15, 0.2) is 12.0 Å². The fourth-order valence-electron chi connectivity index (χ4n) is 3.19. The molecule has 1 saturated heterocycles. The number of carboxylic acids is 1. The number of carboxylic acid groups (broad SMARTS) is 1. The minimum absolute atomic E-state index is 0.269. The SMILES string of the molecule is CC[C@H](C)[C@@H]1C(=O)O[C@H]1C(=O)N[C@H](C(=O)N[C@H](C(=O)O)C(C(F)(F)F)C(F)(F)F)C(C)C. The van der Waals surface area contributed by atoms with Gasteiger partial charge >= 0.3 is 24.3 Å². The summed E-state index contributed by atoms with van der Waals surface area (Å²) in [5.41, 5.74) is 0. The minimum Gasteiger partial charge on any atom is -0.480 e. The van der Waals surface area contributed by atoms with Crippen molar-refractivity contribution < 1.29 is 55.4 Å². The summed E-state index contributed by atoms with van der Waals surface area (Å²) < 4.78 is 82.4.